The lowest BCUT2D eigenvalue weighted by Gasteiger charge is -2.45. The highest BCUT2D eigenvalue weighted by atomic mass is 16.6. The van der Waals surface area contributed by atoms with E-state index < -0.39 is 59.0 Å². The Balaban J connectivity index is 1.23. The minimum Gasteiger partial charge on any atom is -0.454 e. The zero-order chi connectivity index (χ0) is 29.9. The van der Waals surface area contributed by atoms with Crippen LogP contribution < -0.4 is 5.32 Å². The Morgan fingerprint density at radius 1 is 0.905 bits per heavy atom. The second-order valence-electron chi connectivity index (χ2n) is 11.4. The third-order valence-corrected chi connectivity index (χ3v) is 8.67. The average Bonchev–Trinajstić information content (AvgIpc) is 3.23. The van der Waals surface area contributed by atoms with Crippen LogP contribution in [0.3, 0.4) is 0 Å². The molecular formula is C32H29N3O7. The second-order valence-corrected chi connectivity index (χ2v) is 11.4. The summed E-state index contributed by atoms with van der Waals surface area (Å²) in [4.78, 5) is 65.8. The molecule has 10 heteroatoms. The molecule has 1 aliphatic heterocycles. The van der Waals surface area contributed by atoms with Crippen molar-refractivity contribution < 1.29 is 28.8 Å². The van der Waals surface area contributed by atoms with Crippen molar-refractivity contribution in [3.8, 4) is 0 Å². The Bertz CT molecular complexity index is 1550. The summed E-state index contributed by atoms with van der Waals surface area (Å²) in [6.45, 7) is 4.34. The number of hydrogen-bond acceptors (Lipinski definition) is 7. The normalized spacial score (nSPS) is 22.3. The third kappa shape index (κ3) is 4.17. The van der Waals surface area contributed by atoms with Gasteiger partial charge in [0.2, 0.25) is 11.8 Å². The number of carbonyl (C=O) groups is 4. The summed E-state index contributed by atoms with van der Waals surface area (Å²) >= 11 is 0. The van der Waals surface area contributed by atoms with Crippen LogP contribution >= 0.6 is 0 Å². The van der Waals surface area contributed by atoms with Gasteiger partial charge in [-0.3, -0.25) is 29.4 Å². The fourth-order valence-electron chi connectivity index (χ4n) is 6.95. The van der Waals surface area contributed by atoms with E-state index in [0.29, 0.717) is 5.56 Å². The molecule has 1 saturated heterocycles. The van der Waals surface area contributed by atoms with E-state index in [0.717, 1.165) is 27.2 Å². The molecule has 7 rings (SSSR count). The number of nitrogens with zero attached hydrogens (tertiary/aromatic N) is 2. The van der Waals surface area contributed by atoms with E-state index in [-0.39, 0.29) is 23.2 Å². The summed E-state index contributed by atoms with van der Waals surface area (Å²) in [6, 6.07) is 18.8. The topological polar surface area (TPSA) is 136 Å². The summed E-state index contributed by atoms with van der Waals surface area (Å²) in [5.74, 6) is -4.74. The number of hydrogen-bond donors (Lipinski definition) is 1. The molecule has 4 aliphatic rings. The minimum absolute atomic E-state index is 0.157. The van der Waals surface area contributed by atoms with E-state index >= 15 is 0 Å². The number of rotatable bonds is 7. The Morgan fingerprint density at radius 2 is 1.40 bits per heavy atom. The highest BCUT2D eigenvalue weighted by Gasteiger charge is 2.63. The van der Waals surface area contributed by atoms with Gasteiger partial charge in [0.05, 0.1) is 16.8 Å². The molecule has 0 spiro atoms. The van der Waals surface area contributed by atoms with Gasteiger partial charge in [0.15, 0.2) is 6.61 Å². The second kappa shape index (κ2) is 10.2. The van der Waals surface area contributed by atoms with Gasteiger partial charge in [-0.1, -0.05) is 68.4 Å². The number of anilines is 1. The molecule has 0 unspecified atom stereocenters. The van der Waals surface area contributed by atoms with Gasteiger partial charge in [0.1, 0.15) is 6.04 Å². The maximum absolute atomic E-state index is 14.1. The number of benzene rings is 3. The van der Waals surface area contributed by atoms with Crippen LogP contribution in [0.1, 0.15) is 53.5 Å². The van der Waals surface area contributed by atoms with Crippen molar-refractivity contribution in [1.82, 2.24) is 4.90 Å². The number of imide groups is 1. The highest BCUT2D eigenvalue weighted by Crippen LogP contribution is 2.61. The van der Waals surface area contributed by atoms with E-state index in [1.807, 2.05) is 48.5 Å². The fourth-order valence-corrected chi connectivity index (χ4v) is 6.95. The monoisotopic (exact) mass is 567 g/mol. The van der Waals surface area contributed by atoms with Gasteiger partial charge in [-0.25, -0.2) is 4.79 Å². The Kier molecular flexibility index (Phi) is 6.64. The summed E-state index contributed by atoms with van der Waals surface area (Å²) in [5.41, 5.74) is 4.57. The maximum Gasteiger partial charge on any atom is 0.330 e. The predicted octanol–water partition coefficient (Wildman–Crippen LogP) is 4.30. The molecule has 1 N–H and O–H groups in total. The van der Waals surface area contributed by atoms with Crippen LogP contribution in [-0.4, -0.2) is 46.2 Å². The van der Waals surface area contributed by atoms with Gasteiger partial charge >= 0.3 is 5.97 Å². The van der Waals surface area contributed by atoms with E-state index in [9.17, 15) is 29.3 Å². The summed E-state index contributed by atoms with van der Waals surface area (Å²) in [7, 11) is 0. The van der Waals surface area contributed by atoms with Crippen LogP contribution in [-0.2, 0) is 23.9 Å². The van der Waals surface area contributed by atoms with Crippen LogP contribution in [0.15, 0.2) is 66.7 Å². The van der Waals surface area contributed by atoms with Crippen molar-refractivity contribution in [2.24, 2.45) is 17.8 Å². The van der Waals surface area contributed by atoms with E-state index in [1.54, 1.807) is 20.8 Å². The van der Waals surface area contributed by atoms with E-state index in [1.165, 1.54) is 18.2 Å². The van der Waals surface area contributed by atoms with Crippen molar-refractivity contribution in [2.45, 2.75) is 38.6 Å². The summed E-state index contributed by atoms with van der Waals surface area (Å²) in [6.07, 6.45) is 0. The summed E-state index contributed by atoms with van der Waals surface area (Å²) in [5, 5.41) is 13.7. The number of carbonyl (C=O) groups excluding carboxylic acids is 4. The molecule has 0 radical (unpaired) electrons. The van der Waals surface area contributed by atoms with Gasteiger partial charge in [0.25, 0.3) is 11.6 Å². The van der Waals surface area contributed by atoms with Crippen molar-refractivity contribution >= 4 is 35.1 Å². The SMILES string of the molecule is Cc1ccc(NC(=O)COC(=O)[C@H](C(C)C)N2C(=O)[C@H]3C4c5ccccc5C(c5ccccc54)[C@@H]3C2=O)cc1[N+](=O)[O-]. The standard InChI is InChI=1S/C32H29N3O7/c1-16(2)29(32(39)42-15-24(36)33-18-13-12-17(3)23(14-18)35(40)41)34-30(37)27-25-19-8-4-5-9-20(19)26(28(27)31(34)38)22-11-7-6-10-21(22)25/h4-14,16,25-29H,15H2,1-3H3,(H,33,36)/t25?,26?,27-,28-,29-/m0/s1. The van der Waals surface area contributed by atoms with Crippen molar-refractivity contribution in [1.29, 1.82) is 0 Å². The number of nitrogens with one attached hydrogen (secondary N) is 1. The first-order chi connectivity index (χ1) is 20.1. The summed E-state index contributed by atoms with van der Waals surface area (Å²) < 4.78 is 5.33. The van der Waals surface area contributed by atoms with Crippen LogP contribution in [0, 0.1) is 34.8 Å². The zero-order valence-electron chi connectivity index (χ0n) is 23.3. The largest absolute Gasteiger partial charge is 0.454 e. The zero-order valence-corrected chi connectivity index (χ0v) is 23.3. The lowest BCUT2D eigenvalue weighted by molar-refractivity contribution is -0.385. The minimum atomic E-state index is -1.21. The van der Waals surface area contributed by atoms with Gasteiger partial charge < -0.3 is 10.1 Å². The molecule has 2 bridgehead atoms. The van der Waals surface area contributed by atoms with Crippen LogP contribution in [0.5, 0.6) is 0 Å². The molecule has 42 heavy (non-hydrogen) atoms. The van der Waals surface area contributed by atoms with Gasteiger partial charge in [0, 0.05) is 29.2 Å². The van der Waals surface area contributed by atoms with Crippen molar-refractivity contribution in [3.05, 3.63) is 105 Å². The average molecular weight is 568 g/mol. The quantitative estimate of drug-likeness (QED) is 0.195. The Hall–Kier alpha value is -4.86. The molecular weight excluding hydrogens is 538 g/mol. The molecule has 1 fully saturated rings. The van der Waals surface area contributed by atoms with Crippen LogP contribution in [0.4, 0.5) is 11.4 Å². The molecule has 0 aromatic heterocycles. The van der Waals surface area contributed by atoms with Gasteiger partial charge in [-0.05, 0) is 41.2 Å². The molecule has 3 amide bonds. The molecule has 3 atom stereocenters. The van der Waals surface area contributed by atoms with Crippen LogP contribution in [0.25, 0.3) is 0 Å². The third-order valence-electron chi connectivity index (χ3n) is 8.67. The van der Waals surface area contributed by atoms with Gasteiger partial charge in [-0.2, -0.15) is 0 Å². The van der Waals surface area contributed by atoms with Crippen LogP contribution in [0.2, 0.25) is 0 Å². The first-order valence-electron chi connectivity index (χ1n) is 13.9. The lowest BCUT2D eigenvalue weighted by atomic mass is 9.55. The van der Waals surface area contributed by atoms with Crippen molar-refractivity contribution in [2.75, 3.05) is 11.9 Å². The predicted molar refractivity (Wildman–Crippen MR) is 151 cm³/mol. The number of amides is 3. The number of esters is 1. The smallest absolute Gasteiger partial charge is 0.330 e. The lowest BCUT2D eigenvalue weighted by Crippen LogP contribution is -2.49. The molecule has 0 saturated carbocycles. The number of nitro benzene ring substituents is 1. The number of aryl methyl sites for hydroxylation is 1. The van der Waals surface area contributed by atoms with Crippen molar-refractivity contribution in [3.63, 3.8) is 0 Å². The molecule has 3 aliphatic carbocycles. The molecule has 10 nitrogen and oxygen atoms in total. The maximum atomic E-state index is 14.1. The van der Waals surface area contributed by atoms with E-state index in [2.05, 4.69) is 5.32 Å². The fraction of sp³-hybridized carbons (Fsp3) is 0.312. The number of nitro groups is 1. The Labute approximate surface area is 241 Å². The molecule has 3 aromatic carbocycles. The first kappa shape index (κ1) is 27.3. The molecule has 3 aromatic rings. The van der Waals surface area contributed by atoms with E-state index in [4.69, 9.17) is 4.74 Å². The Morgan fingerprint density at radius 3 is 1.86 bits per heavy atom. The number of ether oxygens (including phenoxy) is 1. The number of likely N-dealkylation sites (tertiary alicyclic amines) is 1. The molecule has 1 heterocycles. The highest BCUT2D eigenvalue weighted by molar-refractivity contribution is 6.10. The molecule has 214 valence electrons. The van der Waals surface area contributed by atoms with Gasteiger partial charge in [-0.15, -0.1) is 0 Å². The first-order valence-corrected chi connectivity index (χ1v) is 13.9.